The van der Waals surface area contributed by atoms with Crippen LogP contribution in [-0.2, 0) is 0 Å². The van der Waals surface area contributed by atoms with Gasteiger partial charge in [0.15, 0.2) is 0 Å². The molecule has 2 rings (SSSR count). The molecule has 0 amide bonds. The van der Waals surface area contributed by atoms with Gasteiger partial charge in [-0.05, 0) is 29.8 Å². The third kappa shape index (κ3) is 2.22. The first kappa shape index (κ1) is 12.2. The lowest BCUT2D eigenvalue weighted by Crippen LogP contribution is -2.20. The second-order valence-electron chi connectivity index (χ2n) is 3.94. The van der Waals surface area contributed by atoms with Crippen molar-refractivity contribution < 1.29 is 4.74 Å². The summed E-state index contributed by atoms with van der Waals surface area (Å²) in [4.78, 5) is 0. The number of nitriles is 1. The lowest BCUT2D eigenvalue weighted by atomic mass is 10.1. The fourth-order valence-corrected chi connectivity index (χ4v) is 2.02. The molecule has 0 radical (unpaired) electrons. The van der Waals surface area contributed by atoms with E-state index in [0.29, 0.717) is 12.2 Å². The molecule has 4 nitrogen and oxygen atoms in total. The van der Waals surface area contributed by atoms with E-state index >= 15 is 0 Å². The first-order valence-electron chi connectivity index (χ1n) is 5.71. The Bertz CT molecular complexity index is 568. The molecule has 0 fully saturated rings. The van der Waals surface area contributed by atoms with Gasteiger partial charge in [-0.15, -0.1) is 0 Å². The van der Waals surface area contributed by atoms with Gasteiger partial charge < -0.3 is 15.0 Å². The Labute approximate surface area is 106 Å². The van der Waals surface area contributed by atoms with Gasteiger partial charge >= 0.3 is 0 Å². The molecule has 0 saturated carbocycles. The SMILES string of the molecule is COc1cccc(C(CN)n2cccc2C#N)c1. The van der Waals surface area contributed by atoms with Crippen molar-refractivity contribution in [2.45, 2.75) is 6.04 Å². The molecule has 2 aromatic rings. The number of rotatable bonds is 4. The van der Waals surface area contributed by atoms with Gasteiger partial charge in [-0.2, -0.15) is 5.26 Å². The number of nitrogens with zero attached hydrogens (tertiary/aromatic N) is 2. The van der Waals surface area contributed by atoms with Gasteiger partial charge in [-0.3, -0.25) is 0 Å². The minimum atomic E-state index is -0.0512. The second kappa shape index (κ2) is 5.39. The van der Waals surface area contributed by atoms with E-state index in [0.717, 1.165) is 11.3 Å². The van der Waals surface area contributed by atoms with Gasteiger partial charge in [0.2, 0.25) is 0 Å². The number of aromatic nitrogens is 1. The summed E-state index contributed by atoms with van der Waals surface area (Å²) in [6.45, 7) is 0.427. The zero-order valence-electron chi connectivity index (χ0n) is 10.2. The summed E-state index contributed by atoms with van der Waals surface area (Å²) in [5.74, 6) is 0.789. The fraction of sp³-hybridized carbons (Fsp3) is 0.214. The Kier molecular flexibility index (Phi) is 3.66. The van der Waals surface area contributed by atoms with E-state index in [4.69, 9.17) is 15.7 Å². The molecule has 0 aliphatic heterocycles. The van der Waals surface area contributed by atoms with E-state index in [1.165, 1.54) is 0 Å². The molecule has 2 N–H and O–H groups in total. The zero-order chi connectivity index (χ0) is 13.0. The summed E-state index contributed by atoms with van der Waals surface area (Å²) in [6.07, 6.45) is 1.87. The smallest absolute Gasteiger partial charge is 0.120 e. The van der Waals surface area contributed by atoms with Crippen molar-refractivity contribution in [3.8, 4) is 11.8 Å². The van der Waals surface area contributed by atoms with Crippen LogP contribution >= 0.6 is 0 Å². The van der Waals surface area contributed by atoms with E-state index < -0.39 is 0 Å². The van der Waals surface area contributed by atoms with Crippen LogP contribution < -0.4 is 10.5 Å². The average Bonchev–Trinajstić information content (AvgIpc) is 2.88. The molecule has 0 spiro atoms. The van der Waals surface area contributed by atoms with Gasteiger partial charge in [0.25, 0.3) is 0 Å². The molecule has 0 aliphatic carbocycles. The van der Waals surface area contributed by atoms with Crippen LogP contribution in [0.25, 0.3) is 0 Å². The van der Waals surface area contributed by atoms with E-state index in [1.807, 2.05) is 41.1 Å². The van der Waals surface area contributed by atoms with E-state index in [1.54, 1.807) is 13.2 Å². The van der Waals surface area contributed by atoms with Gasteiger partial charge in [-0.1, -0.05) is 12.1 Å². The highest BCUT2D eigenvalue weighted by Gasteiger charge is 2.14. The summed E-state index contributed by atoms with van der Waals surface area (Å²) in [5.41, 5.74) is 7.48. The molecular formula is C14H15N3O. The first-order valence-corrected chi connectivity index (χ1v) is 5.71. The predicted octanol–water partition coefficient (Wildman–Crippen LogP) is 1.92. The summed E-state index contributed by atoms with van der Waals surface area (Å²) >= 11 is 0. The zero-order valence-corrected chi connectivity index (χ0v) is 10.2. The summed E-state index contributed by atoms with van der Waals surface area (Å²) < 4.78 is 7.09. The number of benzene rings is 1. The maximum atomic E-state index is 9.06. The molecule has 1 heterocycles. The lowest BCUT2D eigenvalue weighted by molar-refractivity contribution is 0.413. The van der Waals surface area contributed by atoms with Crippen LogP contribution in [0.4, 0.5) is 0 Å². The standard InChI is InChI=1S/C14H15N3O/c1-18-13-6-2-4-11(8-13)14(10-16)17-7-3-5-12(17)9-15/h2-8,14H,10,16H2,1H3. The van der Waals surface area contributed by atoms with Crippen LogP contribution in [0.2, 0.25) is 0 Å². The van der Waals surface area contributed by atoms with Gasteiger partial charge in [-0.25, -0.2) is 0 Å². The van der Waals surface area contributed by atoms with Crippen molar-refractivity contribution in [1.29, 1.82) is 5.26 Å². The number of nitrogens with two attached hydrogens (primary N) is 1. The second-order valence-corrected chi connectivity index (χ2v) is 3.94. The summed E-state index contributed by atoms with van der Waals surface area (Å²) in [5, 5.41) is 9.06. The van der Waals surface area contributed by atoms with Crippen LogP contribution in [0, 0.1) is 11.3 Å². The molecule has 4 heteroatoms. The largest absolute Gasteiger partial charge is 0.497 e. The molecule has 1 atom stereocenters. The number of ether oxygens (including phenoxy) is 1. The summed E-state index contributed by atoms with van der Waals surface area (Å²) in [7, 11) is 1.63. The van der Waals surface area contributed by atoms with E-state index in [9.17, 15) is 0 Å². The lowest BCUT2D eigenvalue weighted by Gasteiger charge is -2.19. The summed E-state index contributed by atoms with van der Waals surface area (Å²) in [6, 6.07) is 13.5. The van der Waals surface area contributed by atoms with Gasteiger partial charge in [0, 0.05) is 12.7 Å². The Morgan fingerprint density at radius 1 is 1.39 bits per heavy atom. The van der Waals surface area contributed by atoms with Crippen LogP contribution in [-0.4, -0.2) is 18.2 Å². The fourth-order valence-electron chi connectivity index (χ4n) is 2.02. The molecule has 0 bridgehead atoms. The van der Waals surface area contributed by atoms with Crippen molar-refractivity contribution >= 4 is 0 Å². The first-order chi connectivity index (χ1) is 8.80. The van der Waals surface area contributed by atoms with Crippen molar-refractivity contribution in [3.63, 3.8) is 0 Å². The highest BCUT2D eigenvalue weighted by molar-refractivity contribution is 5.33. The Morgan fingerprint density at radius 3 is 2.89 bits per heavy atom. The highest BCUT2D eigenvalue weighted by Crippen LogP contribution is 2.23. The number of hydrogen-bond acceptors (Lipinski definition) is 3. The topological polar surface area (TPSA) is 64.0 Å². The van der Waals surface area contributed by atoms with Crippen molar-refractivity contribution in [2.24, 2.45) is 5.73 Å². The van der Waals surface area contributed by atoms with Gasteiger partial charge in [0.1, 0.15) is 17.5 Å². The van der Waals surface area contributed by atoms with Crippen molar-refractivity contribution in [2.75, 3.05) is 13.7 Å². The van der Waals surface area contributed by atoms with Crippen LogP contribution in [0.15, 0.2) is 42.6 Å². The predicted molar refractivity (Wildman–Crippen MR) is 69.3 cm³/mol. The van der Waals surface area contributed by atoms with Crippen LogP contribution in [0.3, 0.4) is 0 Å². The molecule has 1 unspecified atom stereocenters. The minimum Gasteiger partial charge on any atom is -0.497 e. The maximum Gasteiger partial charge on any atom is 0.120 e. The Balaban J connectivity index is 2.42. The quantitative estimate of drug-likeness (QED) is 0.889. The van der Waals surface area contributed by atoms with E-state index in [-0.39, 0.29) is 6.04 Å². The molecular weight excluding hydrogens is 226 g/mol. The number of methoxy groups -OCH3 is 1. The molecule has 1 aromatic heterocycles. The third-order valence-corrected chi connectivity index (χ3v) is 2.93. The van der Waals surface area contributed by atoms with Gasteiger partial charge in [0.05, 0.1) is 13.2 Å². The molecule has 92 valence electrons. The normalized spacial score (nSPS) is 11.8. The third-order valence-electron chi connectivity index (χ3n) is 2.93. The van der Waals surface area contributed by atoms with Crippen molar-refractivity contribution in [1.82, 2.24) is 4.57 Å². The molecule has 1 aromatic carbocycles. The minimum absolute atomic E-state index is 0.0512. The van der Waals surface area contributed by atoms with Crippen LogP contribution in [0.5, 0.6) is 5.75 Å². The molecule has 18 heavy (non-hydrogen) atoms. The van der Waals surface area contributed by atoms with Crippen molar-refractivity contribution in [3.05, 3.63) is 53.9 Å². The monoisotopic (exact) mass is 241 g/mol. The molecule has 0 saturated heterocycles. The molecule has 0 aliphatic rings. The Hall–Kier alpha value is -2.25. The van der Waals surface area contributed by atoms with Crippen LogP contribution in [0.1, 0.15) is 17.3 Å². The van der Waals surface area contributed by atoms with E-state index in [2.05, 4.69) is 6.07 Å². The maximum absolute atomic E-state index is 9.06. The Morgan fingerprint density at radius 2 is 2.22 bits per heavy atom. The number of hydrogen-bond donors (Lipinski definition) is 1. The average molecular weight is 241 g/mol. The highest BCUT2D eigenvalue weighted by atomic mass is 16.5.